The van der Waals surface area contributed by atoms with Gasteiger partial charge in [-0.05, 0) is 20.0 Å². The van der Waals surface area contributed by atoms with Gasteiger partial charge in [-0.3, -0.25) is 9.59 Å². The molecule has 0 saturated heterocycles. The molecule has 78 valence electrons. The summed E-state index contributed by atoms with van der Waals surface area (Å²) in [7, 11) is 3.67. The Morgan fingerprint density at radius 1 is 1.36 bits per heavy atom. The first-order valence-electron chi connectivity index (χ1n) is 4.09. The molecule has 0 fully saturated rings. The Bertz CT molecular complexity index is 255. The number of rotatable bonds is 5. The smallest absolute Gasteiger partial charge is 0.323 e. The highest BCUT2D eigenvalue weighted by atomic mass is 16.4. The van der Waals surface area contributed by atoms with Crippen LogP contribution >= 0.6 is 0 Å². The Morgan fingerprint density at radius 3 is 2.29 bits per heavy atom. The maximum atomic E-state index is 11.1. The predicted octanol–water partition coefficient (Wildman–Crippen LogP) is -0.906. The number of nitrogens with zero attached hydrogens (tertiary/aromatic N) is 2. The van der Waals surface area contributed by atoms with E-state index in [1.165, 1.54) is 0 Å². The highest BCUT2D eigenvalue weighted by molar-refractivity contribution is 5.94. The van der Waals surface area contributed by atoms with Crippen molar-refractivity contribution in [2.45, 2.75) is 0 Å². The van der Waals surface area contributed by atoms with E-state index in [9.17, 15) is 9.59 Å². The highest BCUT2D eigenvalue weighted by Crippen LogP contribution is 1.90. The zero-order valence-electron chi connectivity index (χ0n) is 8.36. The van der Waals surface area contributed by atoms with E-state index in [0.29, 0.717) is 13.1 Å². The van der Waals surface area contributed by atoms with E-state index in [0.717, 1.165) is 4.90 Å². The number of aliphatic carboxylic acids is 1. The lowest BCUT2D eigenvalue weighted by Gasteiger charge is -2.20. The molecule has 0 bridgehead atoms. The molecule has 5 nitrogen and oxygen atoms in total. The third-order valence-corrected chi connectivity index (χ3v) is 1.55. The number of terminal acetylenes is 1. The minimum Gasteiger partial charge on any atom is -0.480 e. The lowest BCUT2D eigenvalue weighted by atomic mass is 10.4. The van der Waals surface area contributed by atoms with Crippen molar-refractivity contribution in [1.29, 1.82) is 0 Å². The monoisotopic (exact) mass is 198 g/mol. The van der Waals surface area contributed by atoms with Gasteiger partial charge < -0.3 is 14.9 Å². The van der Waals surface area contributed by atoms with E-state index in [1.54, 1.807) is 0 Å². The molecule has 14 heavy (non-hydrogen) atoms. The number of carboxylic acids is 1. The van der Waals surface area contributed by atoms with Crippen LogP contribution in [0.3, 0.4) is 0 Å². The summed E-state index contributed by atoms with van der Waals surface area (Å²) in [6.45, 7) is 0.555. The normalized spacial score (nSPS) is 9.57. The molecule has 0 unspecified atom stereocenters. The van der Waals surface area contributed by atoms with Crippen LogP contribution in [0.1, 0.15) is 0 Å². The maximum absolute atomic E-state index is 11.1. The Morgan fingerprint density at radius 2 is 1.93 bits per heavy atom. The summed E-state index contributed by atoms with van der Waals surface area (Å²) in [4.78, 5) is 24.4. The summed E-state index contributed by atoms with van der Waals surface area (Å²) in [6, 6.07) is 0. The van der Waals surface area contributed by atoms with Crippen LogP contribution in [0.2, 0.25) is 0 Å². The van der Waals surface area contributed by atoms with E-state index in [1.807, 2.05) is 24.9 Å². The van der Waals surface area contributed by atoms with E-state index < -0.39 is 11.9 Å². The van der Waals surface area contributed by atoms with Gasteiger partial charge >= 0.3 is 5.97 Å². The summed E-state index contributed by atoms with van der Waals surface area (Å²) >= 11 is 0. The summed E-state index contributed by atoms with van der Waals surface area (Å²) in [5, 5.41) is 8.52. The van der Waals surface area contributed by atoms with Crippen molar-refractivity contribution < 1.29 is 14.7 Å². The zero-order valence-corrected chi connectivity index (χ0v) is 8.36. The minimum absolute atomic E-state index is 0.322. The molecular weight excluding hydrogens is 184 g/mol. The molecule has 1 N–H and O–H groups in total. The molecule has 0 aliphatic heterocycles. The molecule has 1 amide bonds. The van der Waals surface area contributed by atoms with Crippen molar-refractivity contribution in [1.82, 2.24) is 9.80 Å². The first-order valence-corrected chi connectivity index (χ1v) is 4.09. The van der Waals surface area contributed by atoms with Crippen molar-refractivity contribution in [2.75, 3.05) is 33.7 Å². The molecule has 0 aromatic carbocycles. The van der Waals surface area contributed by atoms with Gasteiger partial charge in [-0.2, -0.15) is 0 Å². The van der Waals surface area contributed by atoms with Crippen LogP contribution in [-0.4, -0.2) is 60.5 Å². The topological polar surface area (TPSA) is 60.9 Å². The van der Waals surface area contributed by atoms with Crippen LogP contribution in [0.25, 0.3) is 0 Å². The molecule has 0 spiro atoms. The predicted molar refractivity (Wildman–Crippen MR) is 51.6 cm³/mol. The van der Waals surface area contributed by atoms with Crippen molar-refractivity contribution >= 4 is 11.9 Å². The molecule has 0 aromatic heterocycles. The molecule has 0 heterocycles. The van der Waals surface area contributed by atoms with Gasteiger partial charge in [-0.25, -0.2) is 0 Å². The van der Waals surface area contributed by atoms with E-state index in [2.05, 4.69) is 0 Å². The third-order valence-electron chi connectivity index (χ3n) is 1.55. The van der Waals surface area contributed by atoms with Gasteiger partial charge in [0.2, 0.25) is 0 Å². The van der Waals surface area contributed by atoms with Crippen LogP contribution < -0.4 is 0 Å². The fourth-order valence-electron chi connectivity index (χ4n) is 0.828. The second-order valence-electron chi connectivity index (χ2n) is 3.07. The standard InChI is InChI=1S/C9H14N2O3/c1-4-8(12)11(7-9(13)14)6-5-10(2)3/h1H,5-7H2,2-3H3,(H,13,14). The maximum Gasteiger partial charge on any atom is 0.323 e. The van der Waals surface area contributed by atoms with Crippen molar-refractivity contribution in [3.8, 4) is 12.3 Å². The molecule has 0 saturated carbocycles. The third kappa shape index (κ3) is 5.17. The molecule has 0 aliphatic rings. The SMILES string of the molecule is C#CC(=O)N(CCN(C)C)CC(=O)O. The summed E-state index contributed by atoms with van der Waals surface area (Å²) in [5.74, 6) is 0.248. The van der Waals surface area contributed by atoms with Gasteiger partial charge in [0.15, 0.2) is 0 Å². The first kappa shape index (κ1) is 12.5. The minimum atomic E-state index is -1.06. The lowest BCUT2D eigenvalue weighted by molar-refractivity contribution is -0.142. The highest BCUT2D eigenvalue weighted by Gasteiger charge is 2.14. The quantitative estimate of drug-likeness (QED) is 0.581. The molecule has 0 atom stereocenters. The Kier molecular flexibility index (Phi) is 5.34. The van der Waals surface area contributed by atoms with E-state index in [-0.39, 0.29) is 6.54 Å². The van der Waals surface area contributed by atoms with Gasteiger partial charge in [0.05, 0.1) is 0 Å². The molecule has 0 rings (SSSR count). The van der Waals surface area contributed by atoms with E-state index in [4.69, 9.17) is 11.5 Å². The Hall–Kier alpha value is -1.54. The largest absolute Gasteiger partial charge is 0.480 e. The molecule has 0 aromatic rings. The number of carbonyl (C=O) groups is 2. The average Bonchev–Trinajstić information content (AvgIpc) is 2.10. The Labute approximate surface area is 83.3 Å². The average molecular weight is 198 g/mol. The lowest BCUT2D eigenvalue weighted by Crippen LogP contribution is -2.39. The van der Waals surface area contributed by atoms with E-state index >= 15 is 0 Å². The second kappa shape index (κ2) is 6.00. The summed E-state index contributed by atoms with van der Waals surface area (Å²) in [6.07, 6.45) is 4.91. The fraction of sp³-hybridized carbons (Fsp3) is 0.556. The molecule has 5 heteroatoms. The number of likely N-dealkylation sites (N-methyl/N-ethyl adjacent to an activating group) is 1. The summed E-state index contributed by atoms with van der Waals surface area (Å²) < 4.78 is 0. The van der Waals surface area contributed by atoms with Gasteiger partial charge in [0.25, 0.3) is 5.91 Å². The molecule has 0 radical (unpaired) electrons. The van der Waals surface area contributed by atoms with Gasteiger partial charge in [-0.1, -0.05) is 0 Å². The number of hydrogen-bond donors (Lipinski definition) is 1. The number of carbonyl (C=O) groups excluding carboxylic acids is 1. The Balaban J connectivity index is 4.19. The second-order valence-corrected chi connectivity index (χ2v) is 3.07. The van der Waals surface area contributed by atoms with Crippen molar-refractivity contribution in [3.05, 3.63) is 0 Å². The van der Waals surface area contributed by atoms with Crippen LogP contribution in [0.15, 0.2) is 0 Å². The number of hydrogen-bond acceptors (Lipinski definition) is 3. The van der Waals surface area contributed by atoms with Gasteiger partial charge in [-0.15, -0.1) is 6.42 Å². The summed E-state index contributed by atoms with van der Waals surface area (Å²) in [5.41, 5.74) is 0. The van der Waals surface area contributed by atoms with Crippen molar-refractivity contribution in [2.24, 2.45) is 0 Å². The number of amides is 1. The van der Waals surface area contributed by atoms with Crippen molar-refractivity contribution in [3.63, 3.8) is 0 Å². The fourth-order valence-corrected chi connectivity index (χ4v) is 0.828. The first-order chi connectivity index (χ1) is 6.47. The van der Waals surface area contributed by atoms with Gasteiger partial charge in [0, 0.05) is 13.1 Å². The number of carboxylic acid groups (broad SMARTS) is 1. The van der Waals surface area contributed by atoms with Gasteiger partial charge in [0.1, 0.15) is 6.54 Å². The molecule has 0 aliphatic carbocycles. The van der Waals surface area contributed by atoms with Crippen LogP contribution in [0.4, 0.5) is 0 Å². The van der Waals surface area contributed by atoms with Crippen LogP contribution in [0.5, 0.6) is 0 Å². The van der Waals surface area contributed by atoms with Crippen LogP contribution in [-0.2, 0) is 9.59 Å². The van der Waals surface area contributed by atoms with Crippen LogP contribution in [0, 0.1) is 12.3 Å². The zero-order chi connectivity index (χ0) is 11.1. The molecular formula is C9H14N2O3.